The van der Waals surface area contributed by atoms with E-state index in [0.717, 1.165) is 5.56 Å². The van der Waals surface area contributed by atoms with Gasteiger partial charge in [-0.15, -0.1) is 0 Å². The molecule has 1 aromatic heterocycles. The molecular formula is C13H13ClN2O. The Morgan fingerprint density at radius 3 is 2.71 bits per heavy atom. The third kappa shape index (κ3) is 2.40. The topological polar surface area (TPSA) is 59.1 Å². The van der Waals surface area contributed by atoms with E-state index in [0.29, 0.717) is 22.0 Å². The summed E-state index contributed by atoms with van der Waals surface area (Å²) in [6.07, 6.45) is 0.774. The highest BCUT2D eigenvalue weighted by Crippen LogP contribution is 2.29. The standard InChI is InChI=1S/C13H13ClN2O/c1-8-6-11(15)12(16-7-8)13(17)9-4-2-3-5-10(9)14/h2-7,13,17H,15H2,1H3. The van der Waals surface area contributed by atoms with Crippen molar-refractivity contribution >= 4 is 17.3 Å². The molecule has 0 amide bonds. The molecule has 2 aromatic rings. The van der Waals surface area contributed by atoms with E-state index in [1.165, 1.54) is 0 Å². The molecule has 0 aliphatic rings. The second-order valence-electron chi connectivity index (χ2n) is 3.91. The third-order valence-electron chi connectivity index (χ3n) is 2.55. The van der Waals surface area contributed by atoms with E-state index >= 15 is 0 Å². The summed E-state index contributed by atoms with van der Waals surface area (Å²) in [7, 11) is 0. The largest absolute Gasteiger partial charge is 0.397 e. The Kier molecular flexibility index (Phi) is 3.31. The molecule has 0 aliphatic heterocycles. The first-order valence-electron chi connectivity index (χ1n) is 5.24. The van der Waals surface area contributed by atoms with Crippen molar-refractivity contribution in [3.63, 3.8) is 0 Å². The number of halogens is 1. The van der Waals surface area contributed by atoms with Crippen molar-refractivity contribution < 1.29 is 5.11 Å². The van der Waals surface area contributed by atoms with Crippen LogP contribution in [-0.2, 0) is 0 Å². The average Bonchev–Trinajstić information content (AvgIpc) is 2.29. The minimum Gasteiger partial charge on any atom is -0.397 e. The van der Waals surface area contributed by atoms with Crippen LogP contribution in [0.5, 0.6) is 0 Å². The Hall–Kier alpha value is -1.58. The lowest BCUT2D eigenvalue weighted by atomic mass is 10.0. The SMILES string of the molecule is Cc1cnc(C(O)c2ccccc2Cl)c(N)c1. The van der Waals surface area contributed by atoms with Gasteiger partial charge in [0.15, 0.2) is 0 Å². The van der Waals surface area contributed by atoms with E-state index in [9.17, 15) is 5.11 Å². The summed E-state index contributed by atoms with van der Waals surface area (Å²) in [5.74, 6) is 0. The van der Waals surface area contributed by atoms with Gasteiger partial charge in [-0.05, 0) is 24.6 Å². The highest BCUT2D eigenvalue weighted by molar-refractivity contribution is 6.31. The molecule has 1 atom stereocenters. The molecule has 0 radical (unpaired) electrons. The minimum atomic E-state index is -0.899. The Balaban J connectivity index is 2.44. The van der Waals surface area contributed by atoms with Crippen molar-refractivity contribution in [3.8, 4) is 0 Å². The molecule has 0 saturated carbocycles. The number of nitrogens with zero attached hydrogens (tertiary/aromatic N) is 1. The molecule has 1 aromatic carbocycles. The zero-order valence-corrected chi connectivity index (χ0v) is 10.1. The van der Waals surface area contributed by atoms with Gasteiger partial charge >= 0.3 is 0 Å². The van der Waals surface area contributed by atoms with Crippen LogP contribution in [0.3, 0.4) is 0 Å². The van der Waals surface area contributed by atoms with Crippen molar-refractivity contribution in [1.29, 1.82) is 0 Å². The molecular weight excluding hydrogens is 236 g/mol. The lowest BCUT2D eigenvalue weighted by molar-refractivity contribution is 0.216. The number of aromatic nitrogens is 1. The van der Waals surface area contributed by atoms with Crippen LogP contribution in [0.2, 0.25) is 5.02 Å². The Bertz CT molecular complexity index is 543. The number of benzene rings is 1. The van der Waals surface area contributed by atoms with Crippen LogP contribution in [0.1, 0.15) is 22.9 Å². The van der Waals surface area contributed by atoms with E-state index < -0.39 is 6.10 Å². The average molecular weight is 249 g/mol. The van der Waals surface area contributed by atoms with Gasteiger partial charge in [0.05, 0.1) is 11.4 Å². The molecule has 0 bridgehead atoms. The van der Waals surface area contributed by atoms with Crippen LogP contribution in [0, 0.1) is 6.92 Å². The number of anilines is 1. The second kappa shape index (κ2) is 4.73. The van der Waals surface area contributed by atoms with Gasteiger partial charge in [-0.2, -0.15) is 0 Å². The molecule has 3 nitrogen and oxygen atoms in total. The van der Waals surface area contributed by atoms with E-state index in [2.05, 4.69) is 4.98 Å². The van der Waals surface area contributed by atoms with Crippen LogP contribution < -0.4 is 5.73 Å². The first kappa shape index (κ1) is 11.9. The maximum absolute atomic E-state index is 10.2. The van der Waals surface area contributed by atoms with Gasteiger partial charge < -0.3 is 10.8 Å². The summed E-state index contributed by atoms with van der Waals surface area (Å²) >= 11 is 6.02. The number of pyridine rings is 1. The fourth-order valence-corrected chi connectivity index (χ4v) is 1.91. The van der Waals surface area contributed by atoms with Gasteiger partial charge in [0, 0.05) is 16.8 Å². The van der Waals surface area contributed by atoms with Crippen molar-refractivity contribution in [2.24, 2.45) is 0 Å². The molecule has 0 saturated heterocycles. The lowest BCUT2D eigenvalue weighted by Gasteiger charge is -2.14. The minimum absolute atomic E-state index is 0.434. The van der Waals surface area contributed by atoms with E-state index in [1.54, 1.807) is 24.4 Å². The zero-order valence-electron chi connectivity index (χ0n) is 9.39. The number of aryl methyl sites for hydroxylation is 1. The lowest BCUT2D eigenvalue weighted by Crippen LogP contribution is -2.07. The van der Waals surface area contributed by atoms with Gasteiger partial charge in [0.2, 0.25) is 0 Å². The highest BCUT2D eigenvalue weighted by atomic mass is 35.5. The molecule has 4 heteroatoms. The predicted molar refractivity (Wildman–Crippen MR) is 68.9 cm³/mol. The van der Waals surface area contributed by atoms with Crippen molar-refractivity contribution in [2.45, 2.75) is 13.0 Å². The first-order valence-corrected chi connectivity index (χ1v) is 5.62. The van der Waals surface area contributed by atoms with Crippen LogP contribution in [0.15, 0.2) is 36.5 Å². The van der Waals surface area contributed by atoms with E-state index in [4.69, 9.17) is 17.3 Å². The quantitative estimate of drug-likeness (QED) is 0.859. The number of hydrogen-bond acceptors (Lipinski definition) is 3. The number of nitrogen functional groups attached to an aromatic ring is 1. The van der Waals surface area contributed by atoms with Crippen LogP contribution in [0.25, 0.3) is 0 Å². The van der Waals surface area contributed by atoms with E-state index in [-0.39, 0.29) is 0 Å². The van der Waals surface area contributed by atoms with Gasteiger partial charge in [-0.3, -0.25) is 4.98 Å². The van der Waals surface area contributed by atoms with Crippen LogP contribution in [-0.4, -0.2) is 10.1 Å². The van der Waals surface area contributed by atoms with Gasteiger partial charge in [0.25, 0.3) is 0 Å². The highest BCUT2D eigenvalue weighted by Gasteiger charge is 2.17. The normalized spacial score (nSPS) is 12.4. The Labute approximate surface area is 105 Å². The molecule has 0 spiro atoms. The number of hydrogen-bond donors (Lipinski definition) is 2. The molecule has 17 heavy (non-hydrogen) atoms. The van der Waals surface area contributed by atoms with Crippen molar-refractivity contribution in [1.82, 2.24) is 4.98 Å². The molecule has 1 heterocycles. The van der Waals surface area contributed by atoms with Crippen LogP contribution in [0.4, 0.5) is 5.69 Å². The molecule has 3 N–H and O–H groups in total. The van der Waals surface area contributed by atoms with Gasteiger partial charge in [-0.1, -0.05) is 29.8 Å². The predicted octanol–water partition coefficient (Wildman–Crippen LogP) is 2.71. The maximum atomic E-state index is 10.2. The second-order valence-corrected chi connectivity index (χ2v) is 4.32. The van der Waals surface area contributed by atoms with Gasteiger partial charge in [-0.25, -0.2) is 0 Å². The summed E-state index contributed by atoms with van der Waals surface area (Å²) in [6.45, 7) is 1.90. The summed E-state index contributed by atoms with van der Waals surface area (Å²) in [5, 5.41) is 10.7. The summed E-state index contributed by atoms with van der Waals surface area (Å²) < 4.78 is 0. The molecule has 0 fully saturated rings. The van der Waals surface area contributed by atoms with Gasteiger partial charge in [0.1, 0.15) is 6.10 Å². The number of nitrogens with two attached hydrogens (primary N) is 1. The number of aliphatic hydroxyl groups is 1. The monoisotopic (exact) mass is 248 g/mol. The third-order valence-corrected chi connectivity index (χ3v) is 2.89. The fraction of sp³-hybridized carbons (Fsp3) is 0.154. The number of rotatable bonds is 2. The molecule has 0 aliphatic carbocycles. The number of aliphatic hydroxyl groups excluding tert-OH is 1. The first-order chi connectivity index (χ1) is 8.09. The van der Waals surface area contributed by atoms with Crippen molar-refractivity contribution in [2.75, 3.05) is 5.73 Å². The zero-order chi connectivity index (χ0) is 12.4. The fourth-order valence-electron chi connectivity index (χ4n) is 1.68. The molecule has 88 valence electrons. The van der Waals surface area contributed by atoms with E-state index in [1.807, 2.05) is 19.1 Å². The summed E-state index contributed by atoms with van der Waals surface area (Å²) in [6, 6.07) is 8.89. The molecule has 1 unspecified atom stereocenters. The summed E-state index contributed by atoms with van der Waals surface area (Å²) in [4.78, 5) is 4.16. The Morgan fingerprint density at radius 1 is 1.35 bits per heavy atom. The smallest absolute Gasteiger partial charge is 0.124 e. The van der Waals surface area contributed by atoms with Crippen molar-refractivity contribution in [3.05, 3.63) is 58.4 Å². The summed E-state index contributed by atoms with van der Waals surface area (Å²) in [5.41, 5.74) is 8.31. The molecule has 2 rings (SSSR count). The Morgan fingerprint density at radius 2 is 2.06 bits per heavy atom. The maximum Gasteiger partial charge on any atom is 0.124 e. The van der Waals surface area contributed by atoms with Crippen LogP contribution >= 0.6 is 11.6 Å².